The van der Waals surface area contributed by atoms with E-state index in [9.17, 15) is 0 Å². The third kappa shape index (κ3) is 7.30. The second kappa shape index (κ2) is 18.7. The molecule has 0 atom stereocenters. The van der Waals surface area contributed by atoms with Gasteiger partial charge in [-0.15, -0.1) is 0 Å². The van der Waals surface area contributed by atoms with Gasteiger partial charge in [-0.25, -0.2) is 9.97 Å². The molecule has 4 nitrogen and oxygen atoms in total. The maximum absolute atomic E-state index is 5.67. The molecule has 0 fully saturated rings. The van der Waals surface area contributed by atoms with Crippen molar-refractivity contribution in [2.75, 3.05) is 0 Å². The highest BCUT2D eigenvalue weighted by atomic mass is 15.0. The summed E-state index contributed by atoms with van der Waals surface area (Å²) in [5.74, 6) is 0.675. The molecule has 85 heavy (non-hydrogen) atoms. The van der Waals surface area contributed by atoms with Crippen molar-refractivity contribution < 1.29 is 0 Å². The molecule has 13 aromatic carbocycles. The van der Waals surface area contributed by atoms with E-state index in [4.69, 9.17) is 9.97 Å². The van der Waals surface area contributed by atoms with Gasteiger partial charge in [0.15, 0.2) is 5.82 Å². The predicted octanol–water partition coefficient (Wildman–Crippen LogP) is 18.3. The van der Waals surface area contributed by atoms with Crippen LogP contribution in [0.25, 0.3) is 155 Å². The van der Waals surface area contributed by atoms with E-state index in [0.29, 0.717) is 5.82 Å². The molecule has 16 aromatic rings. The van der Waals surface area contributed by atoms with Crippen LogP contribution in [0.3, 0.4) is 0 Å². The van der Waals surface area contributed by atoms with Gasteiger partial charge >= 0.3 is 0 Å². The molecule has 0 spiro atoms. The summed E-state index contributed by atoms with van der Waals surface area (Å²) in [5.41, 5.74) is 28.7. The lowest BCUT2D eigenvalue weighted by molar-refractivity contribution is 1.13. The summed E-state index contributed by atoms with van der Waals surface area (Å²) in [7, 11) is 0. The van der Waals surface area contributed by atoms with Crippen LogP contribution in [0.4, 0.5) is 0 Å². The van der Waals surface area contributed by atoms with Gasteiger partial charge in [0.1, 0.15) is 0 Å². The van der Waals surface area contributed by atoms with Crippen molar-refractivity contribution in [2.45, 2.75) is 0 Å². The van der Waals surface area contributed by atoms with Gasteiger partial charge in [-0.1, -0.05) is 243 Å². The molecule has 0 radical (unpaired) electrons. The zero-order valence-corrected chi connectivity index (χ0v) is 46.2. The Labute approximate surface area is 491 Å². The molecule has 0 aliphatic carbocycles. The molecule has 18 rings (SSSR count). The van der Waals surface area contributed by atoms with Gasteiger partial charge in [0.25, 0.3) is 6.71 Å². The number of fused-ring (bicyclic) bond motifs is 11. The van der Waals surface area contributed by atoms with Crippen molar-refractivity contribution in [1.29, 1.82) is 0 Å². The molecular formula is C80H49BN4. The predicted molar refractivity (Wildman–Crippen MR) is 356 cm³/mol. The number of hydrogen-bond acceptors (Lipinski definition) is 2. The molecule has 0 amide bonds. The van der Waals surface area contributed by atoms with Gasteiger partial charge in [-0.2, -0.15) is 0 Å². The largest absolute Gasteiger partial charge is 0.310 e. The average molecular weight is 1080 g/mol. The van der Waals surface area contributed by atoms with Crippen molar-refractivity contribution >= 4 is 77.6 Å². The van der Waals surface area contributed by atoms with Crippen molar-refractivity contribution in [3.05, 3.63) is 297 Å². The summed E-state index contributed by atoms with van der Waals surface area (Å²) in [5, 5.41) is 5.90. The van der Waals surface area contributed by atoms with Gasteiger partial charge in [-0.3, -0.25) is 0 Å². The Bertz CT molecular complexity index is 5100. The van der Waals surface area contributed by atoms with Crippen LogP contribution in [0.15, 0.2) is 297 Å². The van der Waals surface area contributed by atoms with Gasteiger partial charge < -0.3 is 9.13 Å². The van der Waals surface area contributed by atoms with Gasteiger partial charge in [0.05, 0.1) is 22.2 Å². The third-order valence-electron chi connectivity index (χ3n) is 18.0. The fraction of sp³-hybridized carbons (Fsp3) is 0. The fourth-order valence-corrected chi connectivity index (χ4v) is 14.3. The first-order chi connectivity index (χ1) is 42.2. The minimum absolute atomic E-state index is 0.190. The van der Waals surface area contributed by atoms with E-state index in [2.05, 4.69) is 306 Å². The Kier molecular flexibility index (Phi) is 10.4. The standard InChI is InChI=1S/C80H49BN4/c1-8-24-50(25-9-1)57-42-65-74-63(54-32-16-5-17-33-54)40-59(52-28-12-3-13-29-52)46-70(74)84-72-48-61(80-82-69-39-23-22-38-62(69)77(83-80)56-36-20-7-21-37-56)49-73-76(72)81(67(44-57)78(65)84)68-45-58(51-26-10-2-11-27-51)43-66-75-64(55-34-18-6-19-35-55)41-60(53-30-14-4-15-31-53)47-71(75)85(73)79(66)68/h1-49H. The quantitative estimate of drug-likeness (QED) is 0.142. The Morgan fingerprint density at radius 3 is 1.06 bits per heavy atom. The summed E-state index contributed by atoms with van der Waals surface area (Å²) < 4.78 is 5.26. The molecule has 0 saturated carbocycles. The highest BCUT2D eigenvalue weighted by Crippen LogP contribution is 2.48. The summed E-state index contributed by atoms with van der Waals surface area (Å²) >= 11 is 0. The van der Waals surface area contributed by atoms with E-state index in [0.717, 1.165) is 61.3 Å². The zero-order valence-electron chi connectivity index (χ0n) is 46.2. The van der Waals surface area contributed by atoms with E-state index in [1.807, 2.05) is 0 Å². The summed E-state index contributed by atoms with van der Waals surface area (Å²) in [6, 6.07) is 109. The second-order valence-corrected chi connectivity index (χ2v) is 22.8. The number of benzene rings is 13. The maximum Gasteiger partial charge on any atom is 0.252 e. The van der Waals surface area contributed by atoms with Crippen LogP contribution in [0, 0.1) is 0 Å². The molecule has 2 aliphatic rings. The normalized spacial score (nSPS) is 12.2. The van der Waals surface area contributed by atoms with E-state index in [1.165, 1.54) is 105 Å². The van der Waals surface area contributed by atoms with Crippen LogP contribution in [-0.2, 0) is 0 Å². The molecule has 0 saturated heterocycles. The van der Waals surface area contributed by atoms with E-state index < -0.39 is 0 Å². The van der Waals surface area contributed by atoms with Crippen molar-refractivity contribution in [3.63, 3.8) is 0 Å². The lowest BCUT2D eigenvalue weighted by Gasteiger charge is -2.34. The smallest absolute Gasteiger partial charge is 0.252 e. The molecule has 3 aromatic heterocycles. The number of para-hydroxylation sites is 1. The van der Waals surface area contributed by atoms with Crippen LogP contribution >= 0.6 is 0 Å². The van der Waals surface area contributed by atoms with Crippen molar-refractivity contribution in [1.82, 2.24) is 19.1 Å². The molecule has 392 valence electrons. The molecule has 2 aliphatic heterocycles. The Hall–Kier alpha value is -11.1. The monoisotopic (exact) mass is 1080 g/mol. The zero-order chi connectivity index (χ0) is 55.7. The number of aromatic nitrogens is 4. The van der Waals surface area contributed by atoms with Crippen LogP contribution in [0.2, 0.25) is 0 Å². The Morgan fingerprint density at radius 2 is 0.635 bits per heavy atom. The summed E-state index contributed by atoms with van der Waals surface area (Å²) in [6.45, 7) is -0.190. The van der Waals surface area contributed by atoms with Gasteiger partial charge in [0.2, 0.25) is 0 Å². The lowest BCUT2D eigenvalue weighted by atomic mass is 9.34. The van der Waals surface area contributed by atoms with Crippen LogP contribution in [0.1, 0.15) is 0 Å². The van der Waals surface area contributed by atoms with Crippen LogP contribution in [0.5, 0.6) is 0 Å². The highest BCUT2D eigenvalue weighted by Gasteiger charge is 2.43. The summed E-state index contributed by atoms with van der Waals surface area (Å²) in [6.07, 6.45) is 0. The van der Waals surface area contributed by atoms with Crippen molar-refractivity contribution in [2.24, 2.45) is 0 Å². The maximum atomic E-state index is 5.67. The second-order valence-electron chi connectivity index (χ2n) is 22.8. The van der Waals surface area contributed by atoms with E-state index in [-0.39, 0.29) is 6.71 Å². The lowest BCUT2D eigenvalue weighted by Crippen LogP contribution is -2.59. The average Bonchev–Trinajstić information content (AvgIpc) is 1.62. The number of nitrogens with zero attached hydrogens (tertiary/aromatic N) is 4. The third-order valence-corrected chi connectivity index (χ3v) is 18.0. The summed E-state index contributed by atoms with van der Waals surface area (Å²) in [4.78, 5) is 11.2. The van der Waals surface area contributed by atoms with Gasteiger partial charge in [-0.05, 0) is 138 Å². The van der Waals surface area contributed by atoms with Crippen LogP contribution < -0.4 is 16.4 Å². The Balaban J connectivity index is 1.07. The first kappa shape index (κ1) is 47.5. The minimum atomic E-state index is -0.190. The topological polar surface area (TPSA) is 35.6 Å². The molecule has 0 N–H and O–H groups in total. The Morgan fingerprint density at radius 1 is 0.271 bits per heavy atom. The molecular weight excluding hydrogens is 1030 g/mol. The van der Waals surface area contributed by atoms with E-state index in [1.54, 1.807) is 0 Å². The molecule has 0 unspecified atom stereocenters. The fourth-order valence-electron chi connectivity index (χ4n) is 14.3. The molecule has 5 heteroatoms. The molecule has 0 bridgehead atoms. The number of rotatable bonds is 8. The van der Waals surface area contributed by atoms with Crippen LogP contribution in [-0.4, -0.2) is 25.8 Å². The van der Waals surface area contributed by atoms with Crippen molar-refractivity contribution in [3.8, 4) is 101 Å². The van der Waals surface area contributed by atoms with Gasteiger partial charge in [0, 0.05) is 60.5 Å². The first-order valence-electron chi connectivity index (χ1n) is 29.3. The SMILES string of the molecule is c1ccc(-c2cc3c4c(c2)c2c(-c5ccccc5)cc(-c5ccccc5)cc2n4-c2cc(-c4nc(-c5ccccc5)c5ccccc5n4)cc4c2B3c2cc(-c3ccccc3)cc3c5c(-c6ccccc6)cc(-c6ccccc6)cc5n-4c23)cc1. The highest BCUT2D eigenvalue weighted by molar-refractivity contribution is 7.00. The number of hydrogen-bond donors (Lipinski definition) is 0. The first-order valence-corrected chi connectivity index (χ1v) is 29.3. The minimum Gasteiger partial charge on any atom is -0.310 e. The van der Waals surface area contributed by atoms with E-state index >= 15 is 0 Å². The molecule has 5 heterocycles.